The molecule has 0 amide bonds. The molecule has 0 atom stereocenters. The van der Waals surface area contributed by atoms with Crippen molar-refractivity contribution in [2.24, 2.45) is 5.41 Å². The Hall–Kier alpha value is -1.82. The van der Waals surface area contributed by atoms with E-state index in [1.165, 1.54) is 7.11 Å². The number of nitrogens with zero attached hydrogens (tertiary/aromatic N) is 1. The number of methoxy groups -OCH3 is 1. The number of para-hydroxylation sites is 1. The van der Waals surface area contributed by atoms with Crippen molar-refractivity contribution in [3.05, 3.63) is 28.3 Å². The molecule has 0 aliphatic rings. The van der Waals surface area contributed by atoms with Crippen molar-refractivity contribution in [1.82, 2.24) is 0 Å². The SMILES string of the molecule is CCC(CC)(CO)CNc1cccc(OC)c1[N+](=O)[O-]. The van der Waals surface area contributed by atoms with Gasteiger partial charge < -0.3 is 15.2 Å². The third-order valence-corrected chi connectivity index (χ3v) is 3.89. The molecule has 20 heavy (non-hydrogen) atoms. The Morgan fingerprint density at radius 3 is 2.50 bits per heavy atom. The molecule has 0 saturated carbocycles. The lowest BCUT2D eigenvalue weighted by Crippen LogP contribution is -2.32. The van der Waals surface area contributed by atoms with E-state index >= 15 is 0 Å². The summed E-state index contributed by atoms with van der Waals surface area (Å²) in [5, 5.41) is 23.8. The fourth-order valence-corrected chi connectivity index (χ4v) is 2.08. The van der Waals surface area contributed by atoms with Crippen LogP contribution in [0.2, 0.25) is 0 Å². The topological polar surface area (TPSA) is 84.6 Å². The van der Waals surface area contributed by atoms with Gasteiger partial charge in [0.25, 0.3) is 0 Å². The van der Waals surface area contributed by atoms with Crippen molar-refractivity contribution in [2.75, 3.05) is 25.6 Å². The number of nitrogens with one attached hydrogen (secondary N) is 1. The lowest BCUT2D eigenvalue weighted by atomic mass is 9.83. The van der Waals surface area contributed by atoms with Crippen molar-refractivity contribution < 1.29 is 14.8 Å². The zero-order chi connectivity index (χ0) is 15.2. The second-order valence-corrected chi connectivity index (χ2v) is 4.83. The maximum atomic E-state index is 11.2. The summed E-state index contributed by atoms with van der Waals surface area (Å²) in [5.74, 6) is 0.225. The number of aliphatic hydroxyl groups is 1. The van der Waals surface area contributed by atoms with Gasteiger partial charge in [-0.3, -0.25) is 10.1 Å². The quantitative estimate of drug-likeness (QED) is 0.565. The maximum absolute atomic E-state index is 11.2. The predicted molar refractivity (Wildman–Crippen MR) is 78.2 cm³/mol. The molecular formula is C14H22N2O4. The zero-order valence-corrected chi connectivity index (χ0v) is 12.2. The molecule has 0 spiro atoms. The van der Waals surface area contributed by atoms with E-state index in [1.807, 2.05) is 13.8 Å². The van der Waals surface area contributed by atoms with E-state index in [2.05, 4.69) is 5.32 Å². The van der Waals surface area contributed by atoms with Crippen LogP contribution in [0.1, 0.15) is 26.7 Å². The molecule has 0 bridgehead atoms. The summed E-state index contributed by atoms with van der Waals surface area (Å²) >= 11 is 0. The monoisotopic (exact) mass is 282 g/mol. The number of hydrogen-bond acceptors (Lipinski definition) is 5. The molecule has 0 aliphatic carbocycles. The highest BCUT2D eigenvalue weighted by Crippen LogP contribution is 2.35. The second-order valence-electron chi connectivity index (χ2n) is 4.83. The Balaban J connectivity index is 3.01. The number of anilines is 1. The standard InChI is InChI=1S/C14H22N2O4/c1-4-14(5-2,10-17)9-15-11-7-6-8-12(20-3)13(11)16(18)19/h6-8,15,17H,4-5,9-10H2,1-3H3. The van der Waals surface area contributed by atoms with Crippen LogP contribution in [0.25, 0.3) is 0 Å². The first-order valence-corrected chi connectivity index (χ1v) is 6.69. The van der Waals surface area contributed by atoms with Crippen molar-refractivity contribution in [1.29, 1.82) is 0 Å². The molecule has 112 valence electrons. The molecule has 0 aliphatic heterocycles. The zero-order valence-electron chi connectivity index (χ0n) is 12.2. The van der Waals surface area contributed by atoms with E-state index in [0.29, 0.717) is 12.2 Å². The first-order valence-electron chi connectivity index (χ1n) is 6.69. The van der Waals surface area contributed by atoms with E-state index < -0.39 is 4.92 Å². The summed E-state index contributed by atoms with van der Waals surface area (Å²) in [7, 11) is 1.40. The third kappa shape index (κ3) is 3.39. The second kappa shape index (κ2) is 7.09. The highest BCUT2D eigenvalue weighted by atomic mass is 16.6. The molecule has 1 aromatic rings. The minimum absolute atomic E-state index is 0.0464. The van der Waals surface area contributed by atoms with Crippen molar-refractivity contribution in [3.63, 3.8) is 0 Å². The van der Waals surface area contributed by atoms with Gasteiger partial charge in [0.15, 0.2) is 5.75 Å². The fraction of sp³-hybridized carbons (Fsp3) is 0.571. The number of ether oxygens (including phenoxy) is 1. The smallest absolute Gasteiger partial charge is 0.333 e. The molecule has 1 aromatic carbocycles. The van der Waals surface area contributed by atoms with Crippen LogP contribution < -0.4 is 10.1 Å². The van der Waals surface area contributed by atoms with Gasteiger partial charge in [0.1, 0.15) is 5.69 Å². The number of nitro benzene ring substituents is 1. The van der Waals surface area contributed by atoms with E-state index in [9.17, 15) is 15.2 Å². The number of hydrogen-bond donors (Lipinski definition) is 2. The Labute approximate surface area is 118 Å². The number of aliphatic hydroxyl groups excluding tert-OH is 1. The Bertz CT molecular complexity index is 450. The normalized spacial score (nSPS) is 11.2. The van der Waals surface area contributed by atoms with Gasteiger partial charge in [-0.25, -0.2) is 0 Å². The number of nitro groups is 1. The molecule has 0 saturated heterocycles. The first kappa shape index (κ1) is 16.2. The van der Waals surface area contributed by atoms with Gasteiger partial charge in [-0.05, 0) is 25.0 Å². The lowest BCUT2D eigenvalue weighted by Gasteiger charge is -2.29. The summed E-state index contributed by atoms with van der Waals surface area (Å²) in [5.41, 5.74) is 0.0693. The van der Waals surface area contributed by atoms with Crippen LogP contribution in [-0.4, -0.2) is 30.3 Å². The molecule has 0 radical (unpaired) electrons. The highest BCUT2D eigenvalue weighted by Gasteiger charge is 2.27. The van der Waals surface area contributed by atoms with Gasteiger partial charge in [-0.2, -0.15) is 0 Å². The Morgan fingerprint density at radius 2 is 2.05 bits per heavy atom. The molecule has 0 heterocycles. The summed E-state index contributed by atoms with van der Waals surface area (Å²) < 4.78 is 5.03. The summed E-state index contributed by atoms with van der Waals surface area (Å²) in [4.78, 5) is 10.7. The fourth-order valence-electron chi connectivity index (χ4n) is 2.08. The molecule has 1 rings (SSSR count). The minimum Gasteiger partial charge on any atom is -0.490 e. The maximum Gasteiger partial charge on any atom is 0.333 e. The van der Waals surface area contributed by atoms with E-state index in [1.54, 1.807) is 18.2 Å². The molecular weight excluding hydrogens is 260 g/mol. The van der Waals surface area contributed by atoms with Crippen LogP contribution in [-0.2, 0) is 0 Å². The summed E-state index contributed by atoms with van der Waals surface area (Å²) in [6.45, 7) is 4.53. The molecule has 2 N–H and O–H groups in total. The minimum atomic E-state index is -0.459. The van der Waals surface area contributed by atoms with E-state index in [0.717, 1.165) is 12.8 Å². The molecule has 0 aromatic heterocycles. The largest absolute Gasteiger partial charge is 0.490 e. The van der Waals surface area contributed by atoms with Gasteiger partial charge in [0, 0.05) is 12.0 Å². The average molecular weight is 282 g/mol. The van der Waals surface area contributed by atoms with Crippen LogP contribution >= 0.6 is 0 Å². The predicted octanol–water partition coefficient (Wildman–Crippen LogP) is 2.81. The molecule has 6 nitrogen and oxygen atoms in total. The van der Waals surface area contributed by atoms with Crippen molar-refractivity contribution in [2.45, 2.75) is 26.7 Å². The van der Waals surface area contributed by atoms with Crippen molar-refractivity contribution >= 4 is 11.4 Å². The highest BCUT2D eigenvalue weighted by molar-refractivity contribution is 5.68. The van der Waals surface area contributed by atoms with Crippen LogP contribution in [0.5, 0.6) is 5.75 Å². The van der Waals surface area contributed by atoms with Crippen LogP contribution in [0.4, 0.5) is 11.4 Å². The van der Waals surface area contributed by atoms with Crippen LogP contribution in [0, 0.1) is 15.5 Å². The Morgan fingerprint density at radius 1 is 1.40 bits per heavy atom. The van der Waals surface area contributed by atoms with Gasteiger partial charge in [-0.15, -0.1) is 0 Å². The lowest BCUT2D eigenvalue weighted by molar-refractivity contribution is -0.384. The van der Waals surface area contributed by atoms with Gasteiger partial charge in [0.05, 0.1) is 18.6 Å². The van der Waals surface area contributed by atoms with Crippen molar-refractivity contribution in [3.8, 4) is 5.75 Å². The Kier molecular flexibility index (Phi) is 5.76. The van der Waals surface area contributed by atoms with E-state index in [-0.39, 0.29) is 23.5 Å². The first-order chi connectivity index (χ1) is 9.53. The van der Waals surface area contributed by atoms with Gasteiger partial charge in [0.2, 0.25) is 0 Å². The summed E-state index contributed by atoms with van der Waals surface area (Å²) in [6, 6.07) is 4.91. The molecule has 6 heteroatoms. The third-order valence-electron chi connectivity index (χ3n) is 3.89. The number of rotatable bonds is 8. The summed E-state index contributed by atoms with van der Waals surface area (Å²) in [6.07, 6.45) is 1.59. The van der Waals surface area contributed by atoms with E-state index in [4.69, 9.17) is 4.74 Å². The van der Waals surface area contributed by atoms with Gasteiger partial charge in [-0.1, -0.05) is 19.9 Å². The molecule has 0 fully saturated rings. The number of benzene rings is 1. The average Bonchev–Trinajstić information content (AvgIpc) is 2.48. The van der Waals surface area contributed by atoms with Crippen LogP contribution in [0.3, 0.4) is 0 Å². The van der Waals surface area contributed by atoms with Crippen LogP contribution in [0.15, 0.2) is 18.2 Å². The van der Waals surface area contributed by atoms with Gasteiger partial charge >= 0.3 is 5.69 Å². The molecule has 0 unspecified atom stereocenters.